The van der Waals surface area contributed by atoms with Gasteiger partial charge in [0.2, 0.25) is 5.78 Å². The number of imidazole rings is 1. The molecule has 5 rings (SSSR count). The van der Waals surface area contributed by atoms with E-state index in [0.29, 0.717) is 17.9 Å². The lowest BCUT2D eigenvalue weighted by Crippen LogP contribution is -2.17. The van der Waals surface area contributed by atoms with E-state index >= 15 is 0 Å². The fourth-order valence-electron chi connectivity index (χ4n) is 3.93. The zero-order valence-corrected chi connectivity index (χ0v) is 16.8. The number of benzene rings is 3. The number of rotatable bonds is 4. The Hall–Kier alpha value is -3.86. The number of anilines is 1. The fraction of sp³-hybridized carbons (Fsp3) is 0.120. The predicted molar refractivity (Wildman–Crippen MR) is 118 cm³/mol. The van der Waals surface area contributed by atoms with Gasteiger partial charge in [-0.15, -0.1) is 0 Å². The summed E-state index contributed by atoms with van der Waals surface area (Å²) in [6.45, 7) is 2.53. The van der Waals surface area contributed by atoms with Crippen LogP contribution in [-0.2, 0) is 6.67 Å². The third kappa shape index (κ3) is 2.95. The van der Waals surface area contributed by atoms with Gasteiger partial charge in [-0.1, -0.05) is 42.0 Å². The van der Waals surface area contributed by atoms with Gasteiger partial charge in [0, 0.05) is 22.4 Å². The van der Waals surface area contributed by atoms with Crippen LogP contribution in [0.4, 0.5) is 5.69 Å². The minimum atomic E-state index is -0.0704. The highest BCUT2D eigenvalue weighted by molar-refractivity contribution is 6.12. The maximum absolute atomic E-state index is 13.5. The average molecular weight is 395 g/mol. The Morgan fingerprint density at radius 3 is 2.60 bits per heavy atom. The molecule has 2 heterocycles. The molecular formula is C25H21N3O2. The molecule has 1 aliphatic rings. The van der Waals surface area contributed by atoms with Crippen LogP contribution in [0.1, 0.15) is 21.6 Å². The highest BCUT2D eigenvalue weighted by Crippen LogP contribution is 2.38. The molecule has 4 aromatic rings. The second kappa shape index (κ2) is 7.19. The second-order valence-corrected chi connectivity index (χ2v) is 7.37. The largest absolute Gasteiger partial charge is 0.497 e. The summed E-state index contributed by atoms with van der Waals surface area (Å²) in [4.78, 5) is 18.4. The van der Waals surface area contributed by atoms with Gasteiger partial charge in [-0.05, 0) is 43.3 Å². The lowest BCUT2D eigenvalue weighted by atomic mass is 10.00. The van der Waals surface area contributed by atoms with Crippen LogP contribution in [0, 0.1) is 6.92 Å². The molecule has 5 heteroatoms. The third-order valence-corrected chi connectivity index (χ3v) is 5.42. The number of nitrogens with zero attached hydrogens (tertiary/aromatic N) is 2. The molecule has 0 aliphatic carbocycles. The first kappa shape index (κ1) is 18.2. The zero-order valence-electron chi connectivity index (χ0n) is 16.8. The standard InChI is InChI=1S/C25H21N3O2/c1-16-6-5-7-18(14-16)24(29)22-23-20-8-3-4-9-21(20)26-15-28(23)25(27-22)17-10-12-19(30-2)13-11-17/h3-14,26H,15H2,1-2H3. The van der Waals surface area contributed by atoms with Gasteiger partial charge < -0.3 is 14.6 Å². The van der Waals surface area contributed by atoms with Gasteiger partial charge in [0.05, 0.1) is 19.5 Å². The number of fused-ring (bicyclic) bond motifs is 3. The summed E-state index contributed by atoms with van der Waals surface area (Å²) in [5.74, 6) is 1.47. The van der Waals surface area contributed by atoms with Gasteiger partial charge >= 0.3 is 0 Å². The first-order valence-electron chi connectivity index (χ1n) is 9.85. The predicted octanol–water partition coefficient (Wildman–Crippen LogP) is 5.15. The summed E-state index contributed by atoms with van der Waals surface area (Å²) in [6, 6.07) is 23.4. The SMILES string of the molecule is COc1ccc(-c2nc(C(=O)c3cccc(C)c3)c3n2CNc2ccccc2-3)cc1. The fourth-order valence-corrected chi connectivity index (χ4v) is 3.93. The van der Waals surface area contributed by atoms with Crippen LogP contribution in [0.5, 0.6) is 5.75 Å². The molecule has 148 valence electrons. The van der Waals surface area contributed by atoms with Crippen LogP contribution in [0.15, 0.2) is 72.8 Å². The van der Waals surface area contributed by atoms with E-state index in [1.54, 1.807) is 7.11 Å². The van der Waals surface area contributed by atoms with Crippen molar-refractivity contribution >= 4 is 11.5 Å². The van der Waals surface area contributed by atoms with Crippen LogP contribution in [0.2, 0.25) is 0 Å². The minimum absolute atomic E-state index is 0.0704. The van der Waals surface area contributed by atoms with E-state index < -0.39 is 0 Å². The molecular weight excluding hydrogens is 374 g/mol. The molecule has 0 saturated carbocycles. The van der Waals surface area contributed by atoms with Crippen molar-refractivity contribution in [2.24, 2.45) is 0 Å². The molecule has 1 N–H and O–H groups in total. The Labute approximate surface area is 175 Å². The molecule has 0 bridgehead atoms. The van der Waals surface area contributed by atoms with E-state index in [-0.39, 0.29) is 5.78 Å². The highest BCUT2D eigenvalue weighted by atomic mass is 16.5. The van der Waals surface area contributed by atoms with Gasteiger partial charge in [0.25, 0.3) is 0 Å². The quantitative estimate of drug-likeness (QED) is 0.486. The van der Waals surface area contributed by atoms with Crippen LogP contribution in [0.25, 0.3) is 22.6 Å². The monoisotopic (exact) mass is 395 g/mol. The molecule has 0 spiro atoms. The number of aryl methyl sites for hydroxylation is 1. The van der Waals surface area contributed by atoms with Gasteiger partial charge in [-0.2, -0.15) is 0 Å². The first-order chi connectivity index (χ1) is 14.7. The minimum Gasteiger partial charge on any atom is -0.497 e. The summed E-state index contributed by atoms with van der Waals surface area (Å²) >= 11 is 0. The van der Waals surface area contributed by atoms with Crippen molar-refractivity contribution < 1.29 is 9.53 Å². The number of carbonyl (C=O) groups excluding carboxylic acids is 1. The van der Waals surface area contributed by atoms with E-state index in [4.69, 9.17) is 9.72 Å². The molecule has 0 saturated heterocycles. The van der Waals surface area contributed by atoms with E-state index in [2.05, 4.69) is 9.88 Å². The van der Waals surface area contributed by atoms with Crippen LogP contribution < -0.4 is 10.1 Å². The van der Waals surface area contributed by atoms with Crippen molar-refractivity contribution in [2.45, 2.75) is 13.6 Å². The summed E-state index contributed by atoms with van der Waals surface area (Å²) in [5, 5.41) is 3.44. The summed E-state index contributed by atoms with van der Waals surface area (Å²) in [6.07, 6.45) is 0. The maximum Gasteiger partial charge on any atom is 0.213 e. The molecule has 0 radical (unpaired) electrons. The third-order valence-electron chi connectivity index (χ3n) is 5.42. The first-order valence-corrected chi connectivity index (χ1v) is 9.85. The van der Waals surface area contributed by atoms with Crippen molar-refractivity contribution in [1.29, 1.82) is 0 Å². The number of carbonyl (C=O) groups is 1. The van der Waals surface area contributed by atoms with Crippen molar-refractivity contribution in [1.82, 2.24) is 9.55 Å². The van der Waals surface area contributed by atoms with Crippen LogP contribution in [0.3, 0.4) is 0 Å². The van der Waals surface area contributed by atoms with Crippen molar-refractivity contribution in [3.05, 3.63) is 89.6 Å². The smallest absolute Gasteiger partial charge is 0.213 e. The topological polar surface area (TPSA) is 56.1 Å². The number of ketones is 1. The van der Waals surface area contributed by atoms with Crippen LogP contribution in [-0.4, -0.2) is 22.4 Å². The molecule has 1 aliphatic heterocycles. The van der Waals surface area contributed by atoms with E-state index in [0.717, 1.165) is 39.6 Å². The lowest BCUT2D eigenvalue weighted by molar-refractivity contribution is 0.103. The van der Waals surface area contributed by atoms with E-state index in [9.17, 15) is 4.79 Å². The summed E-state index contributed by atoms with van der Waals surface area (Å²) < 4.78 is 7.36. The Morgan fingerprint density at radius 2 is 1.83 bits per heavy atom. The van der Waals surface area contributed by atoms with Crippen LogP contribution >= 0.6 is 0 Å². The molecule has 0 unspecified atom stereocenters. The molecule has 3 aromatic carbocycles. The highest BCUT2D eigenvalue weighted by Gasteiger charge is 2.28. The molecule has 0 amide bonds. The lowest BCUT2D eigenvalue weighted by Gasteiger charge is -2.22. The van der Waals surface area contributed by atoms with Crippen molar-refractivity contribution in [3.8, 4) is 28.4 Å². The zero-order chi connectivity index (χ0) is 20.7. The number of nitrogens with one attached hydrogen (secondary N) is 1. The van der Waals surface area contributed by atoms with Gasteiger partial charge in [0.15, 0.2) is 0 Å². The molecule has 0 fully saturated rings. The van der Waals surface area contributed by atoms with E-state index in [1.165, 1.54) is 0 Å². The number of para-hydroxylation sites is 1. The number of hydrogen-bond acceptors (Lipinski definition) is 4. The van der Waals surface area contributed by atoms with Crippen molar-refractivity contribution in [3.63, 3.8) is 0 Å². The normalized spacial score (nSPS) is 11.9. The van der Waals surface area contributed by atoms with Crippen molar-refractivity contribution in [2.75, 3.05) is 12.4 Å². The molecule has 1 aromatic heterocycles. The number of ether oxygens (including phenoxy) is 1. The maximum atomic E-state index is 13.5. The molecule has 5 nitrogen and oxygen atoms in total. The molecule has 30 heavy (non-hydrogen) atoms. The molecule has 0 atom stereocenters. The number of methoxy groups -OCH3 is 1. The number of hydrogen-bond donors (Lipinski definition) is 1. The summed E-state index contributed by atoms with van der Waals surface area (Å²) in [5.41, 5.74) is 5.93. The number of aromatic nitrogens is 2. The second-order valence-electron chi connectivity index (χ2n) is 7.37. The summed E-state index contributed by atoms with van der Waals surface area (Å²) in [7, 11) is 1.64. The average Bonchev–Trinajstić information content (AvgIpc) is 3.19. The Kier molecular flexibility index (Phi) is 4.36. The Bertz CT molecular complexity index is 1260. The Balaban J connectivity index is 1.72. The van der Waals surface area contributed by atoms with E-state index in [1.807, 2.05) is 79.7 Å². The van der Waals surface area contributed by atoms with Gasteiger partial charge in [0.1, 0.15) is 17.3 Å². The Morgan fingerprint density at radius 1 is 1.03 bits per heavy atom. The van der Waals surface area contributed by atoms with Gasteiger partial charge in [-0.25, -0.2) is 4.98 Å². The van der Waals surface area contributed by atoms with Gasteiger partial charge in [-0.3, -0.25) is 4.79 Å².